The zero-order valence-corrected chi connectivity index (χ0v) is 17.6. The van der Waals surface area contributed by atoms with Gasteiger partial charge in [-0.3, -0.25) is 10.1 Å². The Balaban J connectivity index is 1.55. The third kappa shape index (κ3) is 2.87. The summed E-state index contributed by atoms with van der Waals surface area (Å²) in [5.41, 5.74) is 2.57. The Morgan fingerprint density at radius 3 is 2.77 bits per heavy atom. The Morgan fingerprint density at radius 1 is 1.31 bits per heavy atom. The molecule has 1 amide bonds. The number of benzene rings is 1. The van der Waals surface area contributed by atoms with Crippen molar-refractivity contribution in [1.82, 2.24) is 5.32 Å². The normalized spacial score (nSPS) is 34.2. The van der Waals surface area contributed by atoms with Crippen molar-refractivity contribution in [3.05, 3.63) is 39.2 Å². The number of amides is 1. The number of nitrogens with zero attached hydrogens (tertiary/aromatic N) is 2. The van der Waals surface area contributed by atoms with E-state index in [1.54, 1.807) is 0 Å². The minimum Gasteiger partial charge on any atom is -0.299 e. The van der Waals surface area contributed by atoms with Crippen LogP contribution in [0.4, 0.5) is 0 Å². The van der Waals surface area contributed by atoms with Gasteiger partial charge in [-0.05, 0) is 66.1 Å². The summed E-state index contributed by atoms with van der Waals surface area (Å²) in [7, 11) is 0. The number of hydrogen-bond donors (Lipinski definition) is 1. The summed E-state index contributed by atoms with van der Waals surface area (Å²) in [4.78, 5) is 12.9. The lowest BCUT2D eigenvalue weighted by Gasteiger charge is -2.34. The monoisotopic (exact) mass is 431 g/mol. The van der Waals surface area contributed by atoms with E-state index in [4.69, 9.17) is 0 Å². The fourth-order valence-corrected chi connectivity index (χ4v) is 5.60. The molecule has 3 fully saturated rings. The van der Waals surface area contributed by atoms with Crippen molar-refractivity contribution in [2.45, 2.75) is 40.0 Å². The van der Waals surface area contributed by atoms with Gasteiger partial charge < -0.3 is 0 Å². The Morgan fingerprint density at radius 2 is 2.12 bits per heavy atom. The van der Waals surface area contributed by atoms with Crippen LogP contribution in [0.5, 0.6) is 0 Å². The molecule has 3 aliphatic rings. The molecule has 1 aromatic rings. The Kier molecular flexibility index (Phi) is 4.39. The van der Waals surface area contributed by atoms with E-state index in [0.29, 0.717) is 16.0 Å². The van der Waals surface area contributed by atoms with Crippen molar-refractivity contribution < 1.29 is 4.79 Å². The molecule has 6 heteroatoms. The van der Waals surface area contributed by atoms with Crippen molar-refractivity contribution in [3.8, 4) is 0 Å². The molecule has 0 unspecified atom stereocenters. The average molecular weight is 432 g/mol. The van der Waals surface area contributed by atoms with Crippen LogP contribution in [0.15, 0.2) is 43.8 Å². The van der Waals surface area contributed by atoms with Gasteiger partial charge >= 0.3 is 0 Å². The third-order valence-corrected chi connectivity index (χ3v) is 7.96. The number of hydrogen-bond acceptors (Lipinski definition) is 4. The van der Waals surface area contributed by atoms with Gasteiger partial charge in [0, 0.05) is 15.6 Å². The van der Waals surface area contributed by atoms with Crippen molar-refractivity contribution >= 4 is 50.6 Å². The summed E-state index contributed by atoms with van der Waals surface area (Å²) < 4.78 is 0.989. The van der Waals surface area contributed by atoms with Gasteiger partial charge in [0.05, 0.1) is 4.91 Å². The molecule has 4 rings (SSSR count). The average Bonchev–Trinajstić information content (AvgIpc) is 3.10. The molecule has 1 saturated heterocycles. The Bertz CT molecular complexity index is 874. The fraction of sp³-hybridized carbons (Fsp3) is 0.450. The maximum absolute atomic E-state index is 12.2. The first-order valence-electron chi connectivity index (χ1n) is 8.91. The third-order valence-electron chi connectivity index (χ3n) is 6.57. The first-order chi connectivity index (χ1) is 12.3. The lowest BCUT2D eigenvalue weighted by atomic mass is 9.70. The van der Waals surface area contributed by atoms with Gasteiger partial charge in [0.25, 0.3) is 5.91 Å². The highest BCUT2D eigenvalue weighted by atomic mass is 79.9. The minimum absolute atomic E-state index is 0.117. The van der Waals surface area contributed by atoms with E-state index in [1.165, 1.54) is 30.3 Å². The van der Waals surface area contributed by atoms with Crippen molar-refractivity contribution in [2.24, 2.45) is 27.0 Å². The van der Waals surface area contributed by atoms with Crippen LogP contribution >= 0.6 is 27.7 Å². The van der Waals surface area contributed by atoms with Gasteiger partial charge in [-0.1, -0.05) is 48.8 Å². The highest BCUT2D eigenvalue weighted by Crippen LogP contribution is 2.64. The molecule has 4 nitrogen and oxygen atoms in total. The van der Waals surface area contributed by atoms with Gasteiger partial charge in [-0.15, -0.1) is 5.10 Å². The Hall–Kier alpha value is -1.40. The van der Waals surface area contributed by atoms with Crippen LogP contribution in [-0.4, -0.2) is 16.8 Å². The molecule has 2 aliphatic carbocycles. The number of fused-ring (bicyclic) bond motifs is 2. The fourth-order valence-electron chi connectivity index (χ4n) is 4.41. The molecule has 0 radical (unpaired) electrons. The number of amidine groups is 1. The van der Waals surface area contributed by atoms with E-state index in [1.807, 2.05) is 30.3 Å². The minimum atomic E-state index is -0.117. The van der Waals surface area contributed by atoms with E-state index in [9.17, 15) is 4.79 Å². The molecular weight excluding hydrogens is 410 g/mol. The summed E-state index contributed by atoms with van der Waals surface area (Å²) in [6.45, 7) is 7.02. The number of thioether (sulfide) groups is 1. The summed E-state index contributed by atoms with van der Waals surface area (Å²) >= 11 is 4.80. The number of nitrogens with one attached hydrogen (secondary N) is 1. The van der Waals surface area contributed by atoms with E-state index in [2.05, 4.69) is 52.2 Å². The van der Waals surface area contributed by atoms with Gasteiger partial charge in [-0.2, -0.15) is 5.10 Å². The maximum Gasteiger partial charge on any atom is 0.264 e. The second kappa shape index (κ2) is 6.34. The predicted octanol–water partition coefficient (Wildman–Crippen LogP) is 5.21. The second-order valence-electron chi connectivity index (χ2n) is 8.07. The van der Waals surface area contributed by atoms with E-state index in [-0.39, 0.29) is 16.7 Å². The molecule has 1 heterocycles. The standard InChI is InChI=1S/C20H22BrN3OS/c1-19(2)13-7-8-20(19,3)16(11-13)23-24-18-22-17(25)15(26-18)10-12-5-4-6-14(21)9-12/h4-6,9-10,13H,7-8,11H2,1-3H3,(H,22,24,25)/b15-10+,23-16-/t13-,20+/m0/s1. The molecule has 1 aliphatic heterocycles. The number of carbonyl (C=O) groups excluding carboxylic acids is 1. The molecule has 0 aromatic heterocycles. The number of carbonyl (C=O) groups is 1. The molecule has 1 aromatic carbocycles. The molecule has 2 saturated carbocycles. The van der Waals surface area contributed by atoms with E-state index >= 15 is 0 Å². The zero-order chi connectivity index (χ0) is 18.5. The molecule has 136 valence electrons. The van der Waals surface area contributed by atoms with Crippen molar-refractivity contribution in [3.63, 3.8) is 0 Å². The lowest BCUT2D eigenvalue weighted by molar-refractivity contribution is -0.115. The topological polar surface area (TPSA) is 53.8 Å². The van der Waals surface area contributed by atoms with E-state index in [0.717, 1.165) is 16.5 Å². The zero-order valence-electron chi connectivity index (χ0n) is 15.2. The van der Waals surface area contributed by atoms with Crippen LogP contribution in [0, 0.1) is 16.7 Å². The van der Waals surface area contributed by atoms with Gasteiger partial charge in [0.2, 0.25) is 0 Å². The summed E-state index contributed by atoms with van der Waals surface area (Å²) in [6.07, 6.45) is 5.37. The van der Waals surface area contributed by atoms with Gasteiger partial charge in [0.15, 0.2) is 5.17 Å². The van der Waals surface area contributed by atoms with Crippen LogP contribution < -0.4 is 5.32 Å². The molecule has 2 atom stereocenters. The largest absolute Gasteiger partial charge is 0.299 e. The highest BCUT2D eigenvalue weighted by molar-refractivity contribution is 9.10. The number of rotatable bonds is 2. The van der Waals surface area contributed by atoms with Crippen molar-refractivity contribution in [2.75, 3.05) is 0 Å². The maximum atomic E-state index is 12.2. The quantitative estimate of drug-likeness (QED) is 0.515. The smallest absolute Gasteiger partial charge is 0.264 e. The highest BCUT2D eigenvalue weighted by Gasteiger charge is 2.60. The first-order valence-corrected chi connectivity index (χ1v) is 10.5. The van der Waals surface area contributed by atoms with Crippen LogP contribution in [0.3, 0.4) is 0 Å². The molecule has 26 heavy (non-hydrogen) atoms. The molecule has 1 N–H and O–H groups in total. The first kappa shape index (κ1) is 18.0. The van der Waals surface area contributed by atoms with E-state index < -0.39 is 0 Å². The second-order valence-corrected chi connectivity index (χ2v) is 10.0. The molecule has 0 spiro atoms. The van der Waals surface area contributed by atoms with Crippen LogP contribution in [-0.2, 0) is 4.79 Å². The van der Waals surface area contributed by atoms with Gasteiger partial charge in [-0.25, -0.2) is 0 Å². The summed E-state index contributed by atoms with van der Waals surface area (Å²) in [5.74, 6) is 0.581. The summed E-state index contributed by atoms with van der Waals surface area (Å²) in [6, 6.07) is 7.87. The predicted molar refractivity (Wildman–Crippen MR) is 112 cm³/mol. The molecule has 2 bridgehead atoms. The van der Waals surface area contributed by atoms with Crippen molar-refractivity contribution in [1.29, 1.82) is 0 Å². The SMILES string of the molecule is CC1(C)[C@H]2CC[C@]1(C)/C(=N\N=C1/NC(=O)/C(=C\c3cccc(Br)c3)S1)C2. The number of halogens is 1. The van der Waals surface area contributed by atoms with Crippen LogP contribution in [0.1, 0.15) is 45.6 Å². The lowest BCUT2D eigenvalue weighted by Crippen LogP contribution is -2.32. The van der Waals surface area contributed by atoms with Crippen LogP contribution in [0.2, 0.25) is 0 Å². The van der Waals surface area contributed by atoms with Crippen LogP contribution in [0.25, 0.3) is 6.08 Å². The van der Waals surface area contributed by atoms with Gasteiger partial charge in [0.1, 0.15) is 0 Å². The molecular formula is C20H22BrN3OS. The summed E-state index contributed by atoms with van der Waals surface area (Å²) in [5, 5.41) is 12.3. The Labute approximate surface area is 166 Å².